The van der Waals surface area contributed by atoms with Crippen molar-refractivity contribution >= 4 is 52.3 Å². The van der Waals surface area contributed by atoms with E-state index in [0.29, 0.717) is 18.9 Å². The summed E-state index contributed by atoms with van der Waals surface area (Å²) in [5.41, 5.74) is 1.02. The topological polar surface area (TPSA) is 45.2 Å². The molecule has 1 aromatic carbocycles. The molecule has 23 heavy (non-hydrogen) atoms. The van der Waals surface area contributed by atoms with Crippen LogP contribution in [0.1, 0.15) is 24.3 Å². The first-order valence-corrected chi connectivity index (χ1v) is 8.33. The average molecular weight is 376 g/mol. The van der Waals surface area contributed by atoms with E-state index < -0.39 is 0 Å². The molecule has 1 fully saturated rings. The first-order chi connectivity index (χ1) is 10.2. The number of fused-ring (bicyclic) bond motifs is 1. The van der Waals surface area contributed by atoms with E-state index >= 15 is 0 Å². The Hall–Kier alpha value is -0.880. The Kier molecular flexibility index (Phi) is 8.26. The molecule has 2 aromatic rings. The molecule has 4 nitrogen and oxygen atoms in total. The van der Waals surface area contributed by atoms with Crippen molar-refractivity contribution in [2.45, 2.75) is 25.8 Å². The highest BCUT2D eigenvalue weighted by molar-refractivity contribution is 7.18. The van der Waals surface area contributed by atoms with Gasteiger partial charge in [0.1, 0.15) is 5.01 Å². The zero-order chi connectivity index (χ0) is 14.7. The Bertz CT molecular complexity index is 596. The summed E-state index contributed by atoms with van der Waals surface area (Å²) in [5.74, 6) is 0.894. The van der Waals surface area contributed by atoms with Gasteiger partial charge in [0, 0.05) is 13.5 Å². The van der Waals surface area contributed by atoms with Gasteiger partial charge in [0.15, 0.2) is 0 Å². The SMILES string of the molecule is CN(Cc1nc2ccccc2s1)C(=O)CCC1CCNC1.Cl.Cl. The number of thiazole rings is 1. The molecule has 1 unspecified atom stereocenters. The summed E-state index contributed by atoms with van der Waals surface area (Å²) in [6, 6.07) is 8.11. The minimum atomic E-state index is 0. The van der Waals surface area contributed by atoms with Crippen molar-refractivity contribution in [3.8, 4) is 0 Å². The lowest BCUT2D eigenvalue weighted by molar-refractivity contribution is -0.130. The molecule has 128 valence electrons. The van der Waals surface area contributed by atoms with Crippen molar-refractivity contribution in [1.29, 1.82) is 0 Å². The molecule has 1 saturated heterocycles. The Morgan fingerprint density at radius 1 is 1.39 bits per heavy atom. The predicted molar refractivity (Wildman–Crippen MR) is 101 cm³/mol. The molecule has 1 amide bonds. The smallest absolute Gasteiger partial charge is 0.222 e. The van der Waals surface area contributed by atoms with Crippen LogP contribution in [-0.2, 0) is 11.3 Å². The number of carbonyl (C=O) groups excluding carboxylic acids is 1. The molecule has 1 aliphatic rings. The van der Waals surface area contributed by atoms with Crippen LogP contribution in [0.3, 0.4) is 0 Å². The molecule has 0 aliphatic carbocycles. The van der Waals surface area contributed by atoms with E-state index in [0.717, 1.165) is 30.0 Å². The number of hydrogen-bond acceptors (Lipinski definition) is 4. The maximum Gasteiger partial charge on any atom is 0.222 e. The van der Waals surface area contributed by atoms with Gasteiger partial charge in [0.25, 0.3) is 0 Å². The fourth-order valence-corrected chi connectivity index (χ4v) is 3.78. The standard InChI is InChI=1S/C16H21N3OS.2ClH/c1-19(16(20)7-6-12-8-9-17-10-12)11-15-18-13-4-2-3-5-14(13)21-15;;/h2-5,12,17H,6-11H2,1H3;2*1H. The molecule has 1 N–H and O–H groups in total. The van der Waals surface area contributed by atoms with Crippen molar-refractivity contribution in [1.82, 2.24) is 15.2 Å². The summed E-state index contributed by atoms with van der Waals surface area (Å²) >= 11 is 1.67. The first-order valence-electron chi connectivity index (χ1n) is 7.51. The van der Waals surface area contributed by atoms with Crippen LogP contribution >= 0.6 is 36.2 Å². The lowest BCUT2D eigenvalue weighted by Gasteiger charge is -2.16. The van der Waals surface area contributed by atoms with Gasteiger partial charge in [-0.3, -0.25) is 4.79 Å². The number of nitrogens with zero attached hydrogens (tertiary/aromatic N) is 2. The fourth-order valence-electron chi connectivity index (χ4n) is 2.76. The minimum absolute atomic E-state index is 0. The van der Waals surface area contributed by atoms with Crippen LogP contribution < -0.4 is 5.32 Å². The molecule has 2 heterocycles. The van der Waals surface area contributed by atoms with E-state index in [1.165, 1.54) is 11.1 Å². The van der Waals surface area contributed by atoms with Crippen LogP contribution in [-0.4, -0.2) is 35.9 Å². The molecule has 1 atom stereocenters. The number of rotatable bonds is 5. The largest absolute Gasteiger partial charge is 0.339 e. The molecule has 0 bridgehead atoms. The van der Waals surface area contributed by atoms with Crippen LogP contribution in [0.25, 0.3) is 10.2 Å². The molecule has 1 aromatic heterocycles. The van der Waals surface area contributed by atoms with E-state index in [1.807, 2.05) is 25.2 Å². The van der Waals surface area contributed by atoms with Gasteiger partial charge in [-0.15, -0.1) is 36.2 Å². The quantitative estimate of drug-likeness (QED) is 0.869. The van der Waals surface area contributed by atoms with Crippen LogP contribution in [0.15, 0.2) is 24.3 Å². The van der Waals surface area contributed by atoms with Crippen LogP contribution in [0.4, 0.5) is 0 Å². The lowest BCUT2D eigenvalue weighted by atomic mass is 10.0. The zero-order valence-electron chi connectivity index (χ0n) is 13.2. The maximum absolute atomic E-state index is 12.2. The van der Waals surface area contributed by atoms with Crippen LogP contribution in [0.2, 0.25) is 0 Å². The summed E-state index contributed by atoms with van der Waals surface area (Å²) in [6.07, 6.45) is 2.85. The van der Waals surface area contributed by atoms with Gasteiger partial charge in [0.2, 0.25) is 5.91 Å². The summed E-state index contributed by atoms with van der Waals surface area (Å²) < 4.78 is 1.19. The van der Waals surface area contributed by atoms with Crippen LogP contribution in [0, 0.1) is 5.92 Å². The summed E-state index contributed by atoms with van der Waals surface area (Å²) in [5, 5.41) is 4.36. The third kappa shape index (κ3) is 5.31. The van der Waals surface area contributed by atoms with Gasteiger partial charge in [-0.2, -0.15) is 0 Å². The van der Waals surface area contributed by atoms with E-state index in [9.17, 15) is 4.79 Å². The number of nitrogens with one attached hydrogen (secondary N) is 1. The van der Waals surface area contributed by atoms with Crippen molar-refractivity contribution in [2.75, 3.05) is 20.1 Å². The van der Waals surface area contributed by atoms with Gasteiger partial charge >= 0.3 is 0 Å². The summed E-state index contributed by atoms with van der Waals surface area (Å²) in [6.45, 7) is 2.77. The summed E-state index contributed by atoms with van der Waals surface area (Å²) in [7, 11) is 1.88. The number of hydrogen-bond donors (Lipinski definition) is 1. The second-order valence-corrected chi connectivity index (χ2v) is 6.84. The number of halogens is 2. The van der Waals surface area contributed by atoms with Crippen LogP contribution in [0.5, 0.6) is 0 Å². The number of aromatic nitrogens is 1. The molecule has 3 rings (SSSR count). The third-order valence-corrected chi connectivity index (χ3v) is 5.09. The zero-order valence-corrected chi connectivity index (χ0v) is 15.6. The third-order valence-electron chi connectivity index (χ3n) is 4.07. The van der Waals surface area contributed by atoms with Crippen molar-refractivity contribution in [2.24, 2.45) is 5.92 Å². The Labute approximate surface area is 153 Å². The monoisotopic (exact) mass is 375 g/mol. The normalized spacial score (nSPS) is 16.7. The fraction of sp³-hybridized carbons (Fsp3) is 0.500. The lowest BCUT2D eigenvalue weighted by Crippen LogP contribution is -2.26. The number of carbonyl (C=O) groups is 1. The first kappa shape index (κ1) is 20.2. The van der Waals surface area contributed by atoms with Crippen molar-refractivity contribution in [3.05, 3.63) is 29.3 Å². The second kappa shape index (κ2) is 9.42. The van der Waals surface area contributed by atoms with Gasteiger partial charge in [-0.25, -0.2) is 4.98 Å². The van der Waals surface area contributed by atoms with E-state index in [4.69, 9.17) is 0 Å². The average Bonchev–Trinajstić information content (AvgIpc) is 3.13. The van der Waals surface area contributed by atoms with E-state index in [-0.39, 0.29) is 30.7 Å². The van der Waals surface area contributed by atoms with E-state index in [1.54, 1.807) is 16.2 Å². The number of amides is 1. The van der Waals surface area contributed by atoms with Crippen molar-refractivity contribution in [3.63, 3.8) is 0 Å². The second-order valence-electron chi connectivity index (χ2n) is 5.72. The molecule has 0 spiro atoms. The van der Waals surface area contributed by atoms with Gasteiger partial charge in [-0.1, -0.05) is 12.1 Å². The Morgan fingerprint density at radius 2 is 2.17 bits per heavy atom. The minimum Gasteiger partial charge on any atom is -0.339 e. The molecule has 0 saturated carbocycles. The highest BCUT2D eigenvalue weighted by Crippen LogP contribution is 2.23. The molecule has 7 heteroatoms. The molecule has 0 radical (unpaired) electrons. The van der Waals surface area contributed by atoms with E-state index in [2.05, 4.69) is 16.4 Å². The Balaban J connectivity index is 0.00000132. The van der Waals surface area contributed by atoms with Gasteiger partial charge < -0.3 is 10.2 Å². The number of para-hydroxylation sites is 1. The predicted octanol–water partition coefficient (Wildman–Crippen LogP) is 3.49. The van der Waals surface area contributed by atoms with Gasteiger partial charge in [-0.05, 0) is 44.0 Å². The van der Waals surface area contributed by atoms with Crippen molar-refractivity contribution < 1.29 is 4.79 Å². The maximum atomic E-state index is 12.2. The highest BCUT2D eigenvalue weighted by Gasteiger charge is 2.18. The number of benzene rings is 1. The summed E-state index contributed by atoms with van der Waals surface area (Å²) in [4.78, 5) is 18.6. The Morgan fingerprint density at radius 3 is 2.87 bits per heavy atom. The van der Waals surface area contributed by atoms with Gasteiger partial charge in [0.05, 0.1) is 16.8 Å². The molecule has 1 aliphatic heterocycles. The molecular formula is C16H23Cl2N3OS. The highest BCUT2D eigenvalue weighted by atomic mass is 35.5. The molecular weight excluding hydrogens is 353 g/mol.